The van der Waals surface area contributed by atoms with Gasteiger partial charge in [-0.05, 0) is 122 Å². The molecule has 0 unspecified atom stereocenters. The second-order valence-electron chi connectivity index (χ2n) is 15.2. The van der Waals surface area contributed by atoms with E-state index in [2.05, 4.69) is 53.4 Å². The number of amides is 2. The number of aliphatic hydroxyl groups excluding tert-OH is 1. The van der Waals surface area contributed by atoms with Crippen molar-refractivity contribution in [3.8, 4) is 0 Å². The average Bonchev–Trinajstić information content (AvgIpc) is 3.18. The summed E-state index contributed by atoms with van der Waals surface area (Å²) in [6, 6.07) is 0. The van der Waals surface area contributed by atoms with Crippen LogP contribution in [0.15, 0.2) is 12.2 Å². The smallest absolute Gasteiger partial charge is 0.233 e. The predicted molar refractivity (Wildman–Crippen MR) is 144 cm³/mol. The number of imide groups is 1. The largest absolute Gasteiger partial charge is 0.393 e. The highest BCUT2D eigenvalue weighted by molar-refractivity contribution is 5.97. The van der Waals surface area contributed by atoms with Crippen LogP contribution in [-0.2, 0) is 9.59 Å². The molecule has 0 radical (unpaired) electrons. The highest BCUT2D eigenvalue weighted by Crippen LogP contribution is 2.77. The molecule has 202 valence electrons. The Labute approximate surface area is 219 Å². The van der Waals surface area contributed by atoms with Crippen LogP contribution in [0.5, 0.6) is 0 Å². The molecule has 5 rings (SSSR count). The first-order valence-corrected chi connectivity index (χ1v) is 14.8. The molecule has 0 heterocycles. The molecule has 5 fully saturated rings. The number of carbonyl (C=O) groups is 2. The van der Waals surface area contributed by atoms with E-state index in [4.69, 9.17) is 0 Å². The average molecular weight is 498 g/mol. The SMILES string of the molecule is C=C(C)[C@@H]1CC[C@]2(C(=O)NC(C)=O)CC[C@]3(C)[C@H](CC[C@@H]4[C@@]5(C)CC[C@H](O)C(C)(C)[C@@H]5CC[C@]43C)[C@@H]12. The van der Waals surface area contributed by atoms with Crippen LogP contribution in [0, 0.1) is 56.7 Å². The van der Waals surface area contributed by atoms with Crippen molar-refractivity contribution < 1.29 is 14.7 Å². The van der Waals surface area contributed by atoms with E-state index < -0.39 is 5.41 Å². The minimum Gasteiger partial charge on any atom is -0.393 e. The summed E-state index contributed by atoms with van der Waals surface area (Å²) in [7, 11) is 0. The number of rotatable bonds is 2. The van der Waals surface area contributed by atoms with Crippen molar-refractivity contribution in [3.63, 3.8) is 0 Å². The third-order valence-corrected chi connectivity index (χ3v) is 13.8. The van der Waals surface area contributed by atoms with Crippen molar-refractivity contribution in [1.82, 2.24) is 5.32 Å². The standard InChI is InChI=1S/C32H51NO3/c1-19(2)21-11-16-32(27(36)33-20(3)34)18-17-30(7)22(26(21)32)9-10-24-29(6)14-13-25(35)28(4,5)23(29)12-15-31(24,30)8/h21-26,35H,1,9-18H2,2-8H3,(H,33,34,36)/t21-,22+,23-,24+,25-,26+,29-,30+,31+,32-/m0/s1. The van der Waals surface area contributed by atoms with Crippen LogP contribution in [0.1, 0.15) is 113 Å². The molecule has 0 aromatic carbocycles. The minimum absolute atomic E-state index is 0.0169. The van der Waals surface area contributed by atoms with Gasteiger partial charge in [-0.15, -0.1) is 0 Å². The van der Waals surface area contributed by atoms with E-state index >= 15 is 0 Å². The Morgan fingerprint density at radius 2 is 1.50 bits per heavy atom. The Morgan fingerprint density at radius 1 is 0.806 bits per heavy atom. The molecule has 0 bridgehead atoms. The maximum atomic E-state index is 13.7. The zero-order valence-electron chi connectivity index (χ0n) is 24.0. The summed E-state index contributed by atoms with van der Waals surface area (Å²) < 4.78 is 0. The second kappa shape index (κ2) is 8.17. The van der Waals surface area contributed by atoms with E-state index in [1.165, 1.54) is 38.2 Å². The van der Waals surface area contributed by atoms with E-state index in [0.29, 0.717) is 23.7 Å². The molecule has 10 atom stereocenters. The molecule has 0 saturated heterocycles. The molecule has 0 aromatic heterocycles. The molecule has 36 heavy (non-hydrogen) atoms. The quantitative estimate of drug-likeness (QED) is 0.419. The number of hydrogen-bond donors (Lipinski definition) is 2. The number of allylic oxidation sites excluding steroid dienone is 1. The third kappa shape index (κ3) is 3.21. The summed E-state index contributed by atoms with van der Waals surface area (Å²) in [5.74, 6) is 2.09. The van der Waals surface area contributed by atoms with Gasteiger partial charge in [-0.25, -0.2) is 0 Å². The fourth-order valence-electron chi connectivity index (χ4n) is 11.8. The fourth-order valence-corrected chi connectivity index (χ4v) is 11.8. The van der Waals surface area contributed by atoms with Gasteiger partial charge >= 0.3 is 0 Å². The molecule has 5 aliphatic carbocycles. The number of hydrogen-bond acceptors (Lipinski definition) is 3. The molecule has 5 aliphatic rings. The van der Waals surface area contributed by atoms with Crippen LogP contribution >= 0.6 is 0 Å². The molecule has 4 heteroatoms. The molecule has 0 aliphatic heterocycles. The third-order valence-electron chi connectivity index (χ3n) is 13.8. The van der Waals surface area contributed by atoms with Gasteiger partial charge in [0.1, 0.15) is 0 Å². The molecular formula is C32H51NO3. The van der Waals surface area contributed by atoms with E-state index in [-0.39, 0.29) is 45.5 Å². The molecule has 2 amide bonds. The minimum atomic E-state index is -0.430. The monoisotopic (exact) mass is 497 g/mol. The van der Waals surface area contributed by atoms with Crippen molar-refractivity contribution in [2.24, 2.45) is 56.7 Å². The van der Waals surface area contributed by atoms with Crippen LogP contribution in [0.3, 0.4) is 0 Å². The number of carbonyl (C=O) groups excluding carboxylic acids is 2. The van der Waals surface area contributed by atoms with Gasteiger partial charge in [-0.1, -0.05) is 46.8 Å². The van der Waals surface area contributed by atoms with E-state index in [0.717, 1.165) is 38.5 Å². The maximum absolute atomic E-state index is 13.7. The molecule has 0 spiro atoms. The lowest BCUT2D eigenvalue weighted by Crippen LogP contribution is -2.67. The zero-order valence-corrected chi connectivity index (χ0v) is 24.0. The van der Waals surface area contributed by atoms with Gasteiger partial charge in [-0.2, -0.15) is 0 Å². The highest BCUT2D eigenvalue weighted by atomic mass is 16.3. The van der Waals surface area contributed by atoms with Gasteiger partial charge in [0.05, 0.1) is 11.5 Å². The molecule has 0 aromatic rings. The van der Waals surface area contributed by atoms with Crippen LogP contribution in [0.2, 0.25) is 0 Å². The van der Waals surface area contributed by atoms with Crippen LogP contribution < -0.4 is 5.32 Å². The summed E-state index contributed by atoms with van der Waals surface area (Å²) in [6.07, 6.45) is 10.5. The number of fused-ring (bicyclic) bond motifs is 7. The molecular weight excluding hydrogens is 446 g/mol. The Morgan fingerprint density at radius 3 is 2.14 bits per heavy atom. The lowest BCUT2D eigenvalue weighted by molar-refractivity contribution is -0.246. The second-order valence-corrected chi connectivity index (χ2v) is 15.2. The number of aliphatic hydroxyl groups is 1. The summed E-state index contributed by atoms with van der Waals surface area (Å²) in [6.45, 7) is 20.4. The number of nitrogens with one attached hydrogen (secondary N) is 1. The van der Waals surface area contributed by atoms with Gasteiger partial charge in [0.2, 0.25) is 11.8 Å². The summed E-state index contributed by atoms with van der Waals surface area (Å²) in [5, 5.41) is 13.7. The summed E-state index contributed by atoms with van der Waals surface area (Å²) in [5.41, 5.74) is 1.41. The van der Waals surface area contributed by atoms with Crippen molar-refractivity contribution in [3.05, 3.63) is 12.2 Å². The molecule has 2 N–H and O–H groups in total. The Bertz CT molecular complexity index is 970. The Balaban J connectivity index is 1.55. The van der Waals surface area contributed by atoms with Crippen LogP contribution in [0.4, 0.5) is 0 Å². The summed E-state index contributed by atoms with van der Waals surface area (Å²) >= 11 is 0. The lowest BCUT2D eigenvalue weighted by atomic mass is 9.32. The van der Waals surface area contributed by atoms with Crippen molar-refractivity contribution in [2.45, 2.75) is 119 Å². The van der Waals surface area contributed by atoms with E-state index in [1.807, 2.05) is 0 Å². The molecule has 5 saturated carbocycles. The fraction of sp³-hybridized carbons (Fsp3) is 0.875. The topological polar surface area (TPSA) is 66.4 Å². The first kappa shape index (κ1) is 26.4. The molecule has 4 nitrogen and oxygen atoms in total. The van der Waals surface area contributed by atoms with E-state index in [9.17, 15) is 14.7 Å². The Kier molecular flexibility index (Phi) is 6.00. The van der Waals surface area contributed by atoms with Gasteiger partial charge in [0.25, 0.3) is 0 Å². The zero-order chi connectivity index (χ0) is 26.5. The maximum Gasteiger partial charge on any atom is 0.233 e. The normalized spacial score (nSPS) is 51.2. The van der Waals surface area contributed by atoms with Crippen molar-refractivity contribution in [2.75, 3.05) is 0 Å². The first-order valence-electron chi connectivity index (χ1n) is 14.8. The van der Waals surface area contributed by atoms with Crippen molar-refractivity contribution in [1.29, 1.82) is 0 Å². The first-order chi connectivity index (χ1) is 16.6. The highest BCUT2D eigenvalue weighted by Gasteiger charge is 2.71. The lowest BCUT2D eigenvalue weighted by Gasteiger charge is -2.72. The van der Waals surface area contributed by atoms with Gasteiger partial charge in [0, 0.05) is 6.92 Å². The van der Waals surface area contributed by atoms with Gasteiger partial charge < -0.3 is 5.11 Å². The van der Waals surface area contributed by atoms with Crippen molar-refractivity contribution >= 4 is 11.8 Å². The summed E-state index contributed by atoms with van der Waals surface area (Å²) in [4.78, 5) is 25.6. The van der Waals surface area contributed by atoms with Crippen LogP contribution in [-0.4, -0.2) is 23.0 Å². The predicted octanol–water partition coefficient (Wildman–Crippen LogP) is 6.67. The Hall–Kier alpha value is -1.16. The van der Waals surface area contributed by atoms with E-state index in [1.54, 1.807) is 0 Å². The van der Waals surface area contributed by atoms with Crippen LogP contribution in [0.25, 0.3) is 0 Å². The van der Waals surface area contributed by atoms with Gasteiger partial charge in [-0.3, -0.25) is 14.9 Å². The van der Waals surface area contributed by atoms with Gasteiger partial charge in [0.15, 0.2) is 0 Å².